The summed E-state index contributed by atoms with van der Waals surface area (Å²) in [6, 6.07) is 16.0. The summed E-state index contributed by atoms with van der Waals surface area (Å²) >= 11 is 6.08. The summed E-state index contributed by atoms with van der Waals surface area (Å²) in [6.45, 7) is 0. The number of rotatable bonds is 6. The number of hydrogen-bond acceptors (Lipinski definition) is 7. The largest absolute Gasteiger partial charge is 0.355 e. The summed E-state index contributed by atoms with van der Waals surface area (Å²) in [5, 5.41) is 14.8. The maximum absolute atomic E-state index is 11.5. The van der Waals surface area contributed by atoms with Crippen LogP contribution in [0, 0.1) is 10.1 Å². The highest BCUT2D eigenvalue weighted by Gasteiger charge is 2.23. The standard InChI is InChI=1S/C16H13ClN6O2/c17-12-8-4-5-9-13(12)20-15-14(23(24)25)16(19-10-18-15)22-21-11-6-2-1-3-7-11/h1-10,21H,(H2,18,19,20,22). The zero-order valence-corrected chi connectivity index (χ0v) is 13.6. The Hall–Kier alpha value is -3.39. The van der Waals surface area contributed by atoms with Gasteiger partial charge in [0.1, 0.15) is 6.33 Å². The lowest BCUT2D eigenvalue weighted by Gasteiger charge is -2.12. The van der Waals surface area contributed by atoms with E-state index < -0.39 is 4.92 Å². The lowest BCUT2D eigenvalue weighted by Crippen LogP contribution is -2.13. The number of aromatic nitrogens is 2. The molecule has 126 valence electrons. The summed E-state index contributed by atoms with van der Waals surface area (Å²) in [4.78, 5) is 18.9. The van der Waals surface area contributed by atoms with Crippen molar-refractivity contribution >= 4 is 40.3 Å². The normalized spacial score (nSPS) is 10.1. The minimum absolute atomic E-state index is 0.0263. The van der Waals surface area contributed by atoms with Crippen molar-refractivity contribution in [2.24, 2.45) is 0 Å². The first-order valence-corrected chi connectivity index (χ1v) is 7.61. The van der Waals surface area contributed by atoms with Gasteiger partial charge in [0, 0.05) is 0 Å². The third-order valence-corrected chi connectivity index (χ3v) is 3.56. The Labute approximate surface area is 148 Å². The van der Waals surface area contributed by atoms with Gasteiger partial charge in [0.05, 0.1) is 21.3 Å². The van der Waals surface area contributed by atoms with E-state index in [1.165, 1.54) is 6.33 Å². The van der Waals surface area contributed by atoms with Gasteiger partial charge in [-0.25, -0.2) is 9.97 Å². The molecule has 0 radical (unpaired) electrons. The van der Waals surface area contributed by atoms with E-state index >= 15 is 0 Å². The van der Waals surface area contributed by atoms with Crippen LogP contribution < -0.4 is 16.2 Å². The van der Waals surface area contributed by atoms with E-state index in [1.807, 2.05) is 30.3 Å². The molecule has 0 aliphatic carbocycles. The van der Waals surface area contributed by atoms with Crippen molar-refractivity contribution < 1.29 is 4.92 Å². The van der Waals surface area contributed by atoms with E-state index in [-0.39, 0.29) is 17.3 Å². The zero-order chi connectivity index (χ0) is 17.6. The second kappa shape index (κ2) is 7.45. The van der Waals surface area contributed by atoms with Crippen LogP contribution in [0.25, 0.3) is 0 Å². The number of halogens is 1. The van der Waals surface area contributed by atoms with Crippen molar-refractivity contribution in [1.82, 2.24) is 9.97 Å². The van der Waals surface area contributed by atoms with Crippen LogP contribution in [0.3, 0.4) is 0 Å². The van der Waals surface area contributed by atoms with Gasteiger partial charge in [0.2, 0.25) is 11.6 Å². The molecule has 0 atom stereocenters. The topological polar surface area (TPSA) is 105 Å². The Morgan fingerprint density at radius 2 is 1.60 bits per heavy atom. The number of nitrogens with one attached hydrogen (secondary N) is 3. The molecule has 0 saturated heterocycles. The van der Waals surface area contributed by atoms with E-state index in [4.69, 9.17) is 11.6 Å². The zero-order valence-electron chi connectivity index (χ0n) is 12.8. The Morgan fingerprint density at radius 3 is 2.32 bits per heavy atom. The molecule has 1 heterocycles. The molecule has 0 aliphatic heterocycles. The second-order valence-electron chi connectivity index (χ2n) is 4.90. The van der Waals surface area contributed by atoms with Gasteiger partial charge in [-0.3, -0.25) is 21.0 Å². The van der Waals surface area contributed by atoms with Gasteiger partial charge in [-0.2, -0.15) is 0 Å². The summed E-state index contributed by atoms with van der Waals surface area (Å²) in [5.74, 6) is 0.0591. The molecule has 3 aromatic rings. The summed E-state index contributed by atoms with van der Waals surface area (Å²) in [5.41, 5.74) is 6.54. The highest BCUT2D eigenvalue weighted by molar-refractivity contribution is 6.33. The number of nitrogens with zero attached hydrogens (tertiary/aromatic N) is 3. The van der Waals surface area contributed by atoms with Crippen LogP contribution in [0.2, 0.25) is 5.02 Å². The van der Waals surface area contributed by atoms with Crippen molar-refractivity contribution in [1.29, 1.82) is 0 Å². The highest BCUT2D eigenvalue weighted by Crippen LogP contribution is 2.33. The van der Waals surface area contributed by atoms with Gasteiger partial charge < -0.3 is 5.32 Å². The first-order valence-electron chi connectivity index (χ1n) is 7.23. The van der Waals surface area contributed by atoms with Gasteiger partial charge in [-0.05, 0) is 24.3 Å². The van der Waals surface area contributed by atoms with Crippen LogP contribution in [-0.2, 0) is 0 Å². The number of nitro groups is 1. The summed E-state index contributed by atoms with van der Waals surface area (Å²) < 4.78 is 0. The molecule has 1 aromatic heterocycles. The van der Waals surface area contributed by atoms with Crippen molar-refractivity contribution in [3.8, 4) is 0 Å². The summed E-state index contributed by atoms with van der Waals surface area (Å²) in [7, 11) is 0. The number of para-hydroxylation sites is 2. The van der Waals surface area contributed by atoms with E-state index in [9.17, 15) is 10.1 Å². The average molecular weight is 357 g/mol. The molecule has 3 rings (SSSR count). The molecule has 9 heteroatoms. The predicted molar refractivity (Wildman–Crippen MR) is 97.1 cm³/mol. The van der Waals surface area contributed by atoms with Gasteiger partial charge in [-0.1, -0.05) is 41.9 Å². The molecule has 25 heavy (non-hydrogen) atoms. The molecule has 3 N–H and O–H groups in total. The quantitative estimate of drug-likeness (QED) is 0.448. The van der Waals surface area contributed by atoms with Gasteiger partial charge in [-0.15, -0.1) is 0 Å². The molecule has 2 aromatic carbocycles. The Morgan fingerprint density at radius 1 is 0.920 bits per heavy atom. The molecule has 0 unspecified atom stereocenters. The smallest absolute Gasteiger partial charge is 0.333 e. The lowest BCUT2D eigenvalue weighted by atomic mass is 10.3. The lowest BCUT2D eigenvalue weighted by molar-refractivity contribution is -0.383. The van der Waals surface area contributed by atoms with E-state index in [0.29, 0.717) is 10.7 Å². The maximum Gasteiger partial charge on any atom is 0.355 e. The number of hydrazine groups is 1. The molecule has 0 saturated carbocycles. The minimum atomic E-state index is -0.561. The van der Waals surface area contributed by atoms with E-state index in [2.05, 4.69) is 26.1 Å². The van der Waals surface area contributed by atoms with Gasteiger partial charge in [0.25, 0.3) is 0 Å². The van der Waals surface area contributed by atoms with Crippen molar-refractivity contribution in [2.75, 3.05) is 16.2 Å². The molecule has 0 bridgehead atoms. The molecule has 0 aliphatic rings. The third kappa shape index (κ3) is 3.93. The van der Waals surface area contributed by atoms with Gasteiger partial charge in [0.15, 0.2) is 0 Å². The Kier molecular flexibility index (Phi) is 4.91. The van der Waals surface area contributed by atoms with Crippen LogP contribution in [0.15, 0.2) is 60.9 Å². The SMILES string of the molecule is O=[N+]([O-])c1c(NNc2ccccc2)ncnc1Nc1ccccc1Cl. The van der Waals surface area contributed by atoms with Crippen molar-refractivity contribution in [3.63, 3.8) is 0 Å². The van der Waals surface area contributed by atoms with E-state index in [0.717, 1.165) is 5.69 Å². The number of anilines is 4. The molecule has 0 fully saturated rings. The first kappa shape index (κ1) is 16.5. The van der Waals surface area contributed by atoms with Crippen LogP contribution in [0.5, 0.6) is 0 Å². The minimum Gasteiger partial charge on any atom is -0.333 e. The van der Waals surface area contributed by atoms with E-state index in [1.54, 1.807) is 24.3 Å². The fraction of sp³-hybridized carbons (Fsp3) is 0. The molecule has 8 nitrogen and oxygen atoms in total. The Balaban J connectivity index is 1.89. The van der Waals surface area contributed by atoms with Crippen LogP contribution in [0.1, 0.15) is 0 Å². The van der Waals surface area contributed by atoms with Crippen molar-refractivity contribution in [3.05, 3.63) is 76.1 Å². The van der Waals surface area contributed by atoms with Crippen LogP contribution >= 0.6 is 11.6 Å². The number of hydrogen-bond donors (Lipinski definition) is 3. The second-order valence-corrected chi connectivity index (χ2v) is 5.30. The first-order chi connectivity index (χ1) is 12.1. The molecular formula is C16H13ClN6O2. The molecule has 0 spiro atoms. The van der Waals surface area contributed by atoms with Crippen molar-refractivity contribution in [2.45, 2.75) is 0 Å². The Bertz CT molecular complexity index is 891. The third-order valence-electron chi connectivity index (χ3n) is 3.23. The maximum atomic E-state index is 11.5. The average Bonchev–Trinajstić information content (AvgIpc) is 2.62. The highest BCUT2D eigenvalue weighted by atomic mass is 35.5. The molecule has 0 amide bonds. The van der Waals surface area contributed by atoms with Crippen LogP contribution in [-0.4, -0.2) is 14.9 Å². The van der Waals surface area contributed by atoms with Crippen LogP contribution in [0.4, 0.5) is 28.7 Å². The number of benzene rings is 2. The molecular weight excluding hydrogens is 344 g/mol. The fourth-order valence-electron chi connectivity index (χ4n) is 2.08. The van der Waals surface area contributed by atoms with Gasteiger partial charge >= 0.3 is 5.69 Å². The predicted octanol–water partition coefficient (Wildman–Crippen LogP) is 4.22. The summed E-state index contributed by atoms with van der Waals surface area (Å²) in [6.07, 6.45) is 1.22. The monoisotopic (exact) mass is 356 g/mol. The fourth-order valence-corrected chi connectivity index (χ4v) is 2.26.